The number of carbonyl (C=O) groups is 1. The van der Waals surface area contributed by atoms with Gasteiger partial charge >= 0.3 is 0 Å². The van der Waals surface area contributed by atoms with Gasteiger partial charge in [0.1, 0.15) is 5.75 Å². The zero-order valence-electron chi connectivity index (χ0n) is 11.7. The molecule has 2 rings (SSSR count). The highest BCUT2D eigenvalue weighted by Gasteiger charge is 2.15. The number of rotatable bonds is 5. The second kappa shape index (κ2) is 5.97. The maximum atomic E-state index is 12.5. The Kier molecular flexibility index (Phi) is 4.28. The van der Waals surface area contributed by atoms with Gasteiger partial charge in [-0.1, -0.05) is 12.1 Å². The Morgan fingerprint density at radius 1 is 1.05 bits per heavy atom. The highest BCUT2D eigenvalue weighted by molar-refractivity contribution is 7.92. The third kappa shape index (κ3) is 3.82. The Balaban J connectivity index is 2.38. The standard InChI is InChI=1S/C15H15NO4S/c1-20-12-9-7-11(8-10-12)15(17)13-5-3-4-6-14(13)16-21(2,18)19/h3-10,16H,1-2H3. The van der Waals surface area contributed by atoms with E-state index in [0.717, 1.165) is 6.26 Å². The Bertz CT molecular complexity index is 751. The summed E-state index contributed by atoms with van der Waals surface area (Å²) in [5.74, 6) is 0.387. The van der Waals surface area contributed by atoms with Crippen molar-refractivity contribution < 1.29 is 17.9 Å². The van der Waals surface area contributed by atoms with Gasteiger partial charge < -0.3 is 4.74 Å². The van der Waals surface area contributed by atoms with Crippen molar-refractivity contribution >= 4 is 21.5 Å². The van der Waals surface area contributed by atoms with Gasteiger partial charge in [0.15, 0.2) is 5.78 Å². The van der Waals surface area contributed by atoms with E-state index in [1.165, 1.54) is 0 Å². The molecule has 0 aliphatic carbocycles. The van der Waals surface area contributed by atoms with Gasteiger partial charge in [0.25, 0.3) is 0 Å². The summed E-state index contributed by atoms with van der Waals surface area (Å²) in [6.45, 7) is 0. The van der Waals surface area contributed by atoms with Crippen molar-refractivity contribution in [2.45, 2.75) is 0 Å². The fraction of sp³-hybridized carbons (Fsp3) is 0.133. The molecule has 6 heteroatoms. The van der Waals surface area contributed by atoms with Crippen LogP contribution in [-0.4, -0.2) is 27.6 Å². The van der Waals surface area contributed by atoms with E-state index in [2.05, 4.69) is 4.72 Å². The van der Waals surface area contributed by atoms with Gasteiger partial charge in [-0.15, -0.1) is 0 Å². The van der Waals surface area contributed by atoms with Crippen LogP contribution < -0.4 is 9.46 Å². The van der Waals surface area contributed by atoms with Crippen molar-refractivity contribution in [2.24, 2.45) is 0 Å². The van der Waals surface area contributed by atoms with Crippen LogP contribution >= 0.6 is 0 Å². The number of carbonyl (C=O) groups excluding carboxylic acids is 1. The SMILES string of the molecule is COc1ccc(C(=O)c2ccccc2NS(C)(=O)=O)cc1. The first kappa shape index (κ1) is 15.1. The molecule has 110 valence electrons. The molecule has 0 aromatic heterocycles. The van der Waals surface area contributed by atoms with Gasteiger partial charge in [-0.3, -0.25) is 9.52 Å². The average molecular weight is 305 g/mol. The van der Waals surface area contributed by atoms with E-state index in [1.54, 1.807) is 55.6 Å². The van der Waals surface area contributed by atoms with Crippen LogP contribution in [0.5, 0.6) is 5.75 Å². The minimum atomic E-state index is -3.45. The van der Waals surface area contributed by atoms with Crippen LogP contribution in [0.2, 0.25) is 0 Å². The zero-order chi connectivity index (χ0) is 15.5. The van der Waals surface area contributed by atoms with E-state index >= 15 is 0 Å². The van der Waals surface area contributed by atoms with Crippen LogP contribution in [-0.2, 0) is 10.0 Å². The van der Waals surface area contributed by atoms with E-state index in [9.17, 15) is 13.2 Å². The average Bonchev–Trinajstić information content (AvgIpc) is 2.45. The summed E-state index contributed by atoms with van der Waals surface area (Å²) in [6.07, 6.45) is 1.04. The second-order valence-corrected chi connectivity index (χ2v) is 6.23. The minimum Gasteiger partial charge on any atom is -0.497 e. The van der Waals surface area contributed by atoms with Crippen molar-refractivity contribution in [1.29, 1.82) is 0 Å². The molecule has 0 amide bonds. The van der Waals surface area contributed by atoms with E-state index < -0.39 is 10.0 Å². The Hall–Kier alpha value is -2.34. The van der Waals surface area contributed by atoms with Crippen LogP contribution in [0.25, 0.3) is 0 Å². The lowest BCUT2D eigenvalue weighted by Gasteiger charge is -2.10. The lowest BCUT2D eigenvalue weighted by molar-refractivity contribution is 0.103. The maximum absolute atomic E-state index is 12.5. The molecule has 0 saturated carbocycles. The third-order valence-corrected chi connectivity index (χ3v) is 3.41. The summed E-state index contributed by atoms with van der Waals surface area (Å²) in [5.41, 5.74) is 1.02. The molecule has 21 heavy (non-hydrogen) atoms. The molecule has 2 aromatic rings. The summed E-state index contributed by atoms with van der Waals surface area (Å²) in [5, 5.41) is 0. The largest absolute Gasteiger partial charge is 0.497 e. The third-order valence-electron chi connectivity index (χ3n) is 2.82. The quantitative estimate of drug-likeness (QED) is 0.860. The predicted molar refractivity (Wildman–Crippen MR) is 81.3 cm³/mol. The number of ether oxygens (including phenoxy) is 1. The highest BCUT2D eigenvalue weighted by Crippen LogP contribution is 2.21. The van der Waals surface area contributed by atoms with Crippen LogP contribution in [0.15, 0.2) is 48.5 Å². The number of para-hydroxylation sites is 1. The molecule has 0 spiro atoms. The second-order valence-electron chi connectivity index (χ2n) is 4.48. The molecule has 0 aliphatic heterocycles. The molecule has 0 heterocycles. The van der Waals surface area contributed by atoms with E-state index in [-0.39, 0.29) is 11.5 Å². The molecular formula is C15H15NO4S. The molecule has 0 saturated heterocycles. The molecule has 0 fully saturated rings. The van der Waals surface area contributed by atoms with E-state index in [1.807, 2.05) is 0 Å². The molecular weight excluding hydrogens is 290 g/mol. The lowest BCUT2D eigenvalue weighted by Crippen LogP contribution is -2.13. The van der Waals surface area contributed by atoms with Crippen molar-refractivity contribution in [2.75, 3.05) is 18.1 Å². The number of ketones is 1. The van der Waals surface area contributed by atoms with Crippen LogP contribution in [0, 0.1) is 0 Å². The van der Waals surface area contributed by atoms with E-state index in [4.69, 9.17) is 4.74 Å². The van der Waals surface area contributed by atoms with Crippen LogP contribution in [0.4, 0.5) is 5.69 Å². The monoisotopic (exact) mass is 305 g/mol. The molecule has 2 aromatic carbocycles. The molecule has 0 bridgehead atoms. The van der Waals surface area contributed by atoms with Gasteiger partial charge in [-0.2, -0.15) is 0 Å². The number of methoxy groups -OCH3 is 1. The van der Waals surface area contributed by atoms with Crippen LogP contribution in [0.3, 0.4) is 0 Å². The summed E-state index contributed by atoms with van der Waals surface area (Å²) in [7, 11) is -1.90. The van der Waals surface area contributed by atoms with Gasteiger partial charge in [-0.05, 0) is 36.4 Å². The van der Waals surface area contributed by atoms with Gasteiger partial charge in [0, 0.05) is 11.1 Å². The predicted octanol–water partition coefficient (Wildman–Crippen LogP) is 2.30. The molecule has 0 aliphatic rings. The van der Waals surface area contributed by atoms with Gasteiger partial charge in [0.05, 0.1) is 19.1 Å². The van der Waals surface area contributed by atoms with E-state index in [0.29, 0.717) is 16.9 Å². The summed E-state index contributed by atoms with van der Waals surface area (Å²) < 4.78 is 30.1. The van der Waals surface area contributed by atoms with Crippen molar-refractivity contribution in [3.8, 4) is 5.75 Å². The molecule has 0 atom stereocenters. The fourth-order valence-electron chi connectivity index (χ4n) is 1.87. The van der Waals surface area contributed by atoms with Crippen molar-refractivity contribution in [1.82, 2.24) is 0 Å². The maximum Gasteiger partial charge on any atom is 0.229 e. The van der Waals surface area contributed by atoms with Crippen molar-refractivity contribution in [3.63, 3.8) is 0 Å². The topological polar surface area (TPSA) is 72.5 Å². The number of anilines is 1. The van der Waals surface area contributed by atoms with Crippen LogP contribution in [0.1, 0.15) is 15.9 Å². The number of nitrogens with one attached hydrogen (secondary N) is 1. The first-order valence-corrected chi connectivity index (χ1v) is 8.05. The molecule has 1 N–H and O–H groups in total. The molecule has 0 unspecified atom stereocenters. The number of hydrogen-bond acceptors (Lipinski definition) is 4. The smallest absolute Gasteiger partial charge is 0.229 e. The first-order chi connectivity index (χ1) is 9.90. The van der Waals surface area contributed by atoms with Crippen molar-refractivity contribution in [3.05, 3.63) is 59.7 Å². The highest BCUT2D eigenvalue weighted by atomic mass is 32.2. The molecule has 5 nitrogen and oxygen atoms in total. The summed E-state index contributed by atoms with van der Waals surface area (Å²) >= 11 is 0. The van der Waals surface area contributed by atoms with Gasteiger partial charge in [-0.25, -0.2) is 8.42 Å². The number of hydrogen-bond donors (Lipinski definition) is 1. The lowest BCUT2D eigenvalue weighted by atomic mass is 10.0. The minimum absolute atomic E-state index is 0.260. The summed E-state index contributed by atoms with van der Waals surface area (Å²) in [4.78, 5) is 12.5. The number of benzene rings is 2. The Morgan fingerprint density at radius 3 is 2.24 bits per heavy atom. The first-order valence-electron chi connectivity index (χ1n) is 6.16. The fourth-order valence-corrected chi connectivity index (χ4v) is 2.45. The summed E-state index contributed by atoms with van der Waals surface area (Å²) in [6, 6.07) is 13.1. The zero-order valence-corrected chi connectivity index (χ0v) is 12.5. The number of sulfonamides is 1. The van der Waals surface area contributed by atoms with Gasteiger partial charge in [0.2, 0.25) is 10.0 Å². The normalized spacial score (nSPS) is 11.0. The Morgan fingerprint density at radius 2 is 1.67 bits per heavy atom. The Labute approximate surface area is 123 Å². The molecule has 0 radical (unpaired) electrons.